The van der Waals surface area contributed by atoms with Crippen LogP contribution in [-0.4, -0.2) is 85.3 Å². The highest BCUT2D eigenvalue weighted by atomic mass is 16.5. The lowest BCUT2D eigenvalue weighted by molar-refractivity contribution is -0.135. The van der Waals surface area contributed by atoms with Gasteiger partial charge in [0.25, 0.3) is 5.91 Å². The van der Waals surface area contributed by atoms with Crippen molar-refractivity contribution in [3.05, 3.63) is 83.3 Å². The molecule has 1 aromatic heterocycles. The molecule has 10 heteroatoms. The Morgan fingerprint density at radius 3 is 2.50 bits per heavy atom. The second-order valence-electron chi connectivity index (χ2n) is 11.2. The van der Waals surface area contributed by atoms with E-state index < -0.39 is 6.04 Å². The molecule has 42 heavy (non-hydrogen) atoms. The van der Waals surface area contributed by atoms with E-state index in [1.165, 1.54) is 4.90 Å². The lowest BCUT2D eigenvalue weighted by Crippen LogP contribution is -2.58. The summed E-state index contributed by atoms with van der Waals surface area (Å²) in [7, 11) is 5.49. The number of hydrogen-bond acceptors (Lipinski definition) is 7. The molecule has 3 amide bonds. The van der Waals surface area contributed by atoms with Gasteiger partial charge in [0, 0.05) is 26.6 Å². The van der Waals surface area contributed by atoms with Crippen LogP contribution in [0.1, 0.15) is 40.3 Å². The quantitative estimate of drug-likeness (QED) is 0.511. The summed E-state index contributed by atoms with van der Waals surface area (Å²) in [5, 5.41) is 3.04. The molecule has 1 fully saturated rings. The monoisotopic (exact) mass is 574 g/mol. The van der Waals surface area contributed by atoms with Gasteiger partial charge in [-0.1, -0.05) is 24.3 Å². The van der Waals surface area contributed by atoms with Gasteiger partial charge in [-0.3, -0.25) is 14.4 Å². The van der Waals surface area contributed by atoms with E-state index in [0.29, 0.717) is 49.8 Å². The van der Waals surface area contributed by atoms with Gasteiger partial charge in [0.2, 0.25) is 11.8 Å². The van der Waals surface area contributed by atoms with Crippen molar-refractivity contribution in [1.29, 1.82) is 0 Å². The van der Waals surface area contributed by atoms with Crippen LogP contribution in [0.5, 0.6) is 11.5 Å². The fourth-order valence-corrected chi connectivity index (χ4v) is 5.30. The molecule has 0 saturated carbocycles. The summed E-state index contributed by atoms with van der Waals surface area (Å²) in [6, 6.07) is 18.4. The lowest BCUT2D eigenvalue weighted by Gasteiger charge is -2.38. The summed E-state index contributed by atoms with van der Waals surface area (Å²) < 4.78 is 18.3. The first-order valence-electron chi connectivity index (χ1n) is 14.3. The minimum Gasteiger partial charge on any atom is -0.457 e. The van der Waals surface area contributed by atoms with Gasteiger partial charge in [-0.15, -0.1) is 0 Å². The lowest BCUT2D eigenvalue weighted by atomic mass is 10.0. The highest BCUT2D eigenvalue weighted by molar-refractivity contribution is 5.91. The van der Waals surface area contributed by atoms with Crippen LogP contribution < -0.4 is 10.1 Å². The highest BCUT2D eigenvalue weighted by Gasteiger charge is 2.35. The van der Waals surface area contributed by atoms with Gasteiger partial charge in [-0.05, 0) is 74.5 Å². The molecule has 222 valence electrons. The molecule has 0 radical (unpaired) electrons. The molecule has 0 spiro atoms. The molecule has 2 aliphatic rings. The summed E-state index contributed by atoms with van der Waals surface area (Å²) in [4.78, 5) is 44.4. The maximum atomic E-state index is 13.3. The molecular formula is C32H38N4O6. The topological polar surface area (TPSA) is 105 Å². The Morgan fingerprint density at radius 2 is 1.74 bits per heavy atom. The Bertz CT molecular complexity index is 1420. The van der Waals surface area contributed by atoms with Crippen LogP contribution >= 0.6 is 0 Å². The zero-order valence-electron chi connectivity index (χ0n) is 24.4. The first-order valence-corrected chi connectivity index (χ1v) is 14.3. The molecule has 2 aliphatic heterocycles. The summed E-state index contributed by atoms with van der Waals surface area (Å²) in [6.45, 7) is 1.53. The number of aryl methyl sites for hydroxylation is 1. The van der Waals surface area contributed by atoms with E-state index in [4.69, 9.17) is 13.9 Å². The Hall–Kier alpha value is -4.15. The number of likely N-dealkylation sites (tertiary alicyclic amines) is 1. The maximum absolute atomic E-state index is 13.3. The number of carbonyl (C=O) groups excluding carboxylic acids is 3. The summed E-state index contributed by atoms with van der Waals surface area (Å²) >= 11 is 0. The van der Waals surface area contributed by atoms with Gasteiger partial charge in [-0.2, -0.15) is 0 Å². The first kappa shape index (κ1) is 29.3. The second-order valence-corrected chi connectivity index (χ2v) is 11.2. The number of benzene rings is 2. The number of amides is 3. The van der Waals surface area contributed by atoms with Crippen molar-refractivity contribution in [1.82, 2.24) is 20.0 Å². The minimum atomic E-state index is -0.465. The number of nitrogens with one attached hydrogen (secondary N) is 1. The molecule has 3 heterocycles. The van der Waals surface area contributed by atoms with Crippen molar-refractivity contribution >= 4 is 17.7 Å². The van der Waals surface area contributed by atoms with Gasteiger partial charge in [0.1, 0.15) is 17.3 Å². The minimum absolute atomic E-state index is 0.0900. The van der Waals surface area contributed by atoms with Crippen molar-refractivity contribution in [2.24, 2.45) is 0 Å². The van der Waals surface area contributed by atoms with Crippen molar-refractivity contribution < 1.29 is 28.3 Å². The number of piperidine rings is 1. The Labute approximate surface area is 246 Å². The maximum Gasteiger partial charge on any atom is 0.289 e. The average Bonchev–Trinajstić information content (AvgIpc) is 3.42. The average molecular weight is 575 g/mol. The number of fused-ring (bicyclic) bond motifs is 5. The third kappa shape index (κ3) is 7.57. The van der Waals surface area contributed by atoms with Crippen LogP contribution in [0.15, 0.2) is 65.1 Å². The zero-order chi connectivity index (χ0) is 29.6. The predicted octanol–water partition coefficient (Wildman–Crippen LogP) is 3.45. The van der Waals surface area contributed by atoms with Gasteiger partial charge in [0.05, 0.1) is 31.8 Å². The molecule has 0 unspecified atom stereocenters. The highest BCUT2D eigenvalue weighted by Crippen LogP contribution is 2.25. The van der Waals surface area contributed by atoms with E-state index in [1.54, 1.807) is 18.0 Å². The molecule has 1 N–H and O–H groups in total. The Balaban J connectivity index is 1.34. The number of rotatable bonds is 3. The number of likely N-dealkylation sites (N-methyl/N-ethyl adjacent to an activating group) is 1. The van der Waals surface area contributed by atoms with Crippen LogP contribution in [0.25, 0.3) is 0 Å². The van der Waals surface area contributed by atoms with E-state index in [2.05, 4.69) is 5.32 Å². The SMILES string of the molecule is CN(C)Cc1ccc(C(=O)N2CC[C@@H]3OCc4cccc(c4)Oc4cccc(c4)CCC(=O)N(C)CC(=O)N[C@@H]3C2)o1. The normalized spacial score (nSPS) is 20.3. The molecule has 10 nitrogen and oxygen atoms in total. The van der Waals surface area contributed by atoms with E-state index in [1.807, 2.05) is 73.6 Å². The van der Waals surface area contributed by atoms with E-state index in [9.17, 15) is 14.4 Å². The van der Waals surface area contributed by atoms with E-state index in [0.717, 1.165) is 11.1 Å². The van der Waals surface area contributed by atoms with Gasteiger partial charge >= 0.3 is 0 Å². The van der Waals surface area contributed by atoms with Crippen LogP contribution in [0.2, 0.25) is 0 Å². The number of furan rings is 1. The van der Waals surface area contributed by atoms with Crippen LogP contribution in [0.4, 0.5) is 0 Å². The Morgan fingerprint density at radius 1 is 1.00 bits per heavy atom. The number of nitrogens with zero attached hydrogens (tertiary/aromatic N) is 3. The smallest absolute Gasteiger partial charge is 0.289 e. The standard InChI is InChI=1S/C32H38N4O6/c1-34(2)18-26-11-12-29(42-26)32(39)36-15-14-28-27(19-36)33-30(37)20-35(3)31(38)13-10-22-6-4-8-24(16-22)41-25-9-5-7-23(17-25)21-40-28/h4-9,11-12,16-17,27-28H,10,13-15,18-21H2,1-3H3,(H,33,37)/t27-,28+/m1/s1. The predicted molar refractivity (Wildman–Crippen MR) is 156 cm³/mol. The van der Waals surface area contributed by atoms with Gasteiger partial charge < -0.3 is 33.9 Å². The fraction of sp³-hybridized carbons (Fsp3) is 0.406. The third-order valence-corrected chi connectivity index (χ3v) is 7.46. The molecule has 1 saturated heterocycles. The van der Waals surface area contributed by atoms with Crippen molar-refractivity contribution in [2.45, 2.75) is 44.6 Å². The summed E-state index contributed by atoms with van der Waals surface area (Å²) in [5.74, 6) is 1.68. The summed E-state index contributed by atoms with van der Waals surface area (Å²) in [6.07, 6.45) is 0.986. The van der Waals surface area contributed by atoms with Crippen molar-refractivity contribution in [3.8, 4) is 11.5 Å². The molecular weight excluding hydrogens is 536 g/mol. The van der Waals surface area contributed by atoms with E-state index >= 15 is 0 Å². The molecule has 5 rings (SSSR count). The van der Waals surface area contributed by atoms with Crippen LogP contribution in [0, 0.1) is 0 Å². The molecule has 2 aromatic carbocycles. The van der Waals surface area contributed by atoms with Crippen LogP contribution in [-0.2, 0) is 33.9 Å². The molecule has 3 aromatic rings. The number of hydrogen-bond donors (Lipinski definition) is 1. The number of carbonyl (C=O) groups is 3. The van der Waals surface area contributed by atoms with Crippen molar-refractivity contribution in [2.75, 3.05) is 40.8 Å². The number of ether oxygens (including phenoxy) is 2. The third-order valence-electron chi connectivity index (χ3n) is 7.46. The fourth-order valence-electron chi connectivity index (χ4n) is 5.30. The Kier molecular flexibility index (Phi) is 9.24. The van der Waals surface area contributed by atoms with Gasteiger partial charge in [0.15, 0.2) is 5.76 Å². The first-order chi connectivity index (χ1) is 20.2. The van der Waals surface area contributed by atoms with Crippen molar-refractivity contribution in [3.63, 3.8) is 0 Å². The molecule has 0 aliphatic carbocycles. The van der Waals surface area contributed by atoms with Crippen LogP contribution in [0.3, 0.4) is 0 Å². The second kappa shape index (κ2) is 13.2. The molecule has 2 atom stereocenters. The summed E-state index contributed by atoms with van der Waals surface area (Å²) in [5.41, 5.74) is 1.90. The zero-order valence-corrected chi connectivity index (χ0v) is 24.4. The van der Waals surface area contributed by atoms with Gasteiger partial charge in [-0.25, -0.2) is 0 Å². The van der Waals surface area contributed by atoms with E-state index in [-0.39, 0.29) is 49.1 Å². The largest absolute Gasteiger partial charge is 0.457 e. The molecule has 4 bridgehead atoms.